The third kappa shape index (κ3) is 5.40. The number of aryl methyl sites for hydroxylation is 1. The van der Waals surface area contributed by atoms with E-state index in [2.05, 4.69) is 20.6 Å². The second kappa shape index (κ2) is 9.74. The van der Waals surface area contributed by atoms with Crippen molar-refractivity contribution in [1.29, 1.82) is 0 Å². The zero-order valence-electron chi connectivity index (χ0n) is 18.2. The molecule has 2 aromatic heterocycles. The number of anilines is 1. The molecule has 0 fully saturated rings. The molecule has 0 bridgehead atoms. The number of pyridine rings is 2. The second-order valence-electron chi connectivity index (χ2n) is 7.33. The summed E-state index contributed by atoms with van der Waals surface area (Å²) in [5, 5.41) is 5.35. The lowest BCUT2D eigenvalue weighted by atomic mass is 10.1. The Bertz CT molecular complexity index is 1270. The minimum absolute atomic E-state index is 0.264. The molecule has 0 saturated heterocycles. The highest BCUT2D eigenvalue weighted by Gasteiger charge is 2.10. The van der Waals surface area contributed by atoms with Crippen LogP contribution in [0, 0.1) is 6.92 Å². The van der Waals surface area contributed by atoms with E-state index in [0.717, 1.165) is 11.1 Å². The van der Waals surface area contributed by atoms with E-state index in [0.29, 0.717) is 22.9 Å². The third-order valence-corrected chi connectivity index (χ3v) is 4.92. The summed E-state index contributed by atoms with van der Waals surface area (Å²) >= 11 is 0. The zero-order valence-corrected chi connectivity index (χ0v) is 18.2. The quantitative estimate of drug-likeness (QED) is 0.449. The van der Waals surface area contributed by atoms with Crippen molar-refractivity contribution in [3.63, 3.8) is 0 Å². The molecule has 7 nitrogen and oxygen atoms in total. The molecule has 0 radical (unpaired) electrons. The molecule has 2 heterocycles. The molecule has 4 rings (SSSR count). The van der Waals surface area contributed by atoms with Gasteiger partial charge in [0.25, 0.3) is 11.8 Å². The van der Waals surface area contributed by atoms with Crippen molar-refractivity contribution in [2.75, 3.05) is 12.4 Å². The van der Waals surface area contributed by atoms with Gasteiger partial charge in [-0.15, -0.1) is 0 Å². The fraction of sp³-hybridized carbons (Fsp3) is 0.0769. The molecule has 0 unspecified atom stereocenters. The van der Waals surface area contributed by atoms with Crippen LogP contribution in [0.3, 0.4) is 0 Å². The average molecular weight is 438 g/mol. The normalized spacial score (nSPS) is 10.4. The summed E-state index contributed by atoms with van der Waals surface area (Å²) in [5.74, 6) is 0.448. The maximum absolute atomic E-state index is 12.6. The van der Waals surface area contributed by atoms with Gasteiger partial charge >= 0.3 is 0 Å². The summed E-state index contributed by atoms with van der Waals surface area (Å²) in [5.41, 5.74) is 4.38. The van der Waals surface area contributed by atoms with Gasteiger partial charge in [-0.05, 0) is 48.9 Å². The lowest BCUT2D eigenvalue weighted by Crippen LogP contribution is -2.18. The molecular weight excluding hydrogens is 416 g/mol. The van der Waals surface area contributed by atoms with Crippen molar-refractivity contribution < 1.29 is 14.3 Å². The maximum atomic E-state index is 12.6. The van der Waals surface area contributed by atoms with Crippen LogP contribution < -0.4 is 15.4 Å². The van der Waals surface area contributed by atoms with Crippen LogP contribution in [-0.2, 0) is 0 Å². The largest absolute Gasteiger partial charge is 0.457 e. The molecule has 2 N–H and O–H groups in total. The summed E-state index contributed by atoms with van der Waals surface area (Å²) in [4.78, 5) is 32.6. The molecule has 2 amide bonds. The van der Waals surface area contributed by atoms with Crippen molar-refractivity contribution in [2.45, 2.75) is 6.92 Å². The van der Waals surface area contributed by atoms with E-state index in [9.17, 15) is 9.59 Å². The number of nitrogens with zero attached hydrogens (tertiary/aromatic N) is 2. The lowest BCUT2D eigenvalue weighted by molar-refractivity contribution is 0.0957. The number of benzene rings is 2. The number of amides is 2. The minimum atomic E-state index is -0.302. The molecule has 4 aromatic rings. The minimum Gasteiger partial charge on any atom is -0.457 e. The predicted octanol–water partition coefficient (Wildman–Crippen LogP) is 4.86. The number of ether oxygens (including phenoxy) is 1. The van der Waals surface area contributed by atoms with Crippen LogP contribution in [0.25, 0.3) is 11.1 Å². The van der Waals surface area contributed by atoms with Crippen molar-refractivity contribution in [3.8, 4) is 22.6 Å². The van der Waals surface area contributed by atoms with Crippen molar-refractivity contribution in [1.82, 2.24) is 15.3 Å². The molecule has 0 saturated carbocycles. The Kier molecular flexibility index (Phi) is 6.40. The van der Waals surface area contributed by atoms with Crippen LogP contribution in [0.15, 0.2) is 85.2 Å². The van der Waals surface area contributed by atoms with Gasteiger partial charge in [0, 0.05) is 36.8 Å². The van der Waals surface area contributed by atoms with E-state index in [1.807, 2.05) is 37.3 Å². The molecule has 0 aliphatic rings. The highest BCUT2D eigenvalue weighted by molar-refractivity contribution is 6.03. The standard InChI is InChI=1S/C26H22N4O3/c1-17-3-5-18(6-4-17)19-7-12-23(29-16-19)26(32)30-20-8-10-21(11-9-20)33-22-13-14-28-24(15-22)25(31)27-2/h3-16H,1-2H3,(H,27,31)(H,30,32). The molecule has 2 aromatic carbocycles. The number of carbonyl (C=O) groups excluding carboxylic acids is 2. The summed E-state index contributed by atoms with van der Waals surface area (Å²) in [6.45, 7) is 2.04. The molecule has 7 heteroatoms. The van der Waals surface area contributed by atoms with E-state index in [-0.39, 0.29) is 17.5 Å². The number of hydrogen-bond acceptors (Lipinski definition) is 5. The van der Waals surface area contributed by atoms with Gasteiger partial charge in [0.2, 0.25) is 0 Å². The Morgan fingerprint density at radius 3 is 2.15 bits per heavy atom. The number of carbonyl (C=O) groups is 2. The summed E-state index contributed by atoms with van der Waals surface area (Å²) < 4.78 is 5.78. The molecule has 0 spiro atoms. The average Bonchev–Trinajstić information content (AvgIpc) is 2.85. The Morgan fingerprint density at radius 1 is 0.758 bits per heavy atom. The Hall–Kier alpha value is -4.52. The Morgan fingerprint density at radius 2 is 1.48 bits per heavy atom. The number of hydrogen-bond donors (Lipinski definition) is 2. The van der Waals surface area contributed by atoms with E-state index in [4.69, 9.17) is 4.74 Å². The van der Waals surface area contributed by atoms with E-state index in [1.54, 1.807) is 55.7 Å². The molecule has 0 aliphatic heterocycles. The fourth-order valence-corrected chi connectivity index (χ4v) is 3.11. The first kappa shape index (κ1) is 21.7. The summed E-state index contributed by atoms with van der Waals surface area (Å²) in [6.07, 6.45) is 3.20. The van der Waals surface area contributed by atoms with Gasteiger partial charge in [-0.3, -0.25) is 19.6 Å². The smallest absolute Gasteiger partial charge is 0.274 e. The van der Waals surface area contributed by atoms with E-state index < -0.39 is 0 Å². The van der Waals surface area contributed by atoms with Gasteiger partial charge in [-0.25, -0.2) is 0 Å². The first-order chi connectivity index (χ1) is 16.0. The van der Waals surface area contributed by atoms with E-state index >= 15 is 0 Å². The van der Waals surface area contributed by atoms with Crippen LogP contribution in [0.1, 0.15) is 26.5 Å². The summed E-state index contributed by atoms with van der Waals surface area (Å²) in [7, 11) is 1.54. The van der Waals surface area contributed by atoms with Gasteiger partial charge in [-0.2, -0.15) is 0 Å². The maximum Gasteiger partial charge on any atom is 0.274 e. The summed E-state index contributed by atoms with van der Waals surface area (Å²) in [6, 6.07) is 21.9. The van der Waals surface area contributed by atoms with Crippen LogP contribution in [-0.4, -0.2) is 28.8 Å². The lowest BCUT2D eigenvalue weighted by Gasteiger charge is -2.09. The SMILES string of the molecule is CNC(=O)c1cc(Oc2ccc(NC(=O)c3ccc(-c4ccc(C)cc4)cn3)cc2)ccn1. The van der Waals surface area contributed by atoms with E-state index in [1.165, 1.54) is 11.8 Å². The zero-order chi connectivity index (χ0) is 23.2. The highest BCUT2D eigenvalue weighted by Crippen LogP contribution is 2.24. The fourth-order valence-electron chi connectivity index (χ4n) is 3.11. The Labute approximate surface area is 191 Å². The van der Waals surface area contributed by atoms with Crippen molar-refractivity contribution in [3.05, 3.63) is 102 Å². The first-order valence-corrected chi connectivity index (χ1v) is 10.3. The number of aromatic nitrogens is 2. The Balaban J connectivity index is 1.39. The highest BCUT2D eigenvalue weighted by atomic mass is 16.5. The number of nitrogens with one attached hydrogen (secondary N) is 2. The monoisotopic (exact) mass is 438 g/mol. The first-order valence-electron chi connectivity index (χ1n) is 10.3. The van der Waals surface area contributed by atoms with Gasteiger partial charge in [0.1, 0.15) is 22.9 Å². The van der Waals surface area contributed by atoms with Crippen molar-refractivity contribution >= 4 is 17.5 Å². The van der Waals surface area contributed by atoms with Gasteiger partial charge in [0.15, 0.2) is 0 Å². The molecule has 0 aliphatic carbocycles. The topological polar surface area (TPSA) is 93.2 Å². The molecule has 164 valence electrons. The number of rotatable bonds is 6. The second-order valence-corrected chi connectivity index (χ2v) is 7.33. The van der Waals surface area contributed by atoms with Crippen molar-refractivity contribution in [2.24, 2.45) is 0 Å². The van der Waals surface area contributed by atoms with Gasteiger partial charge in [0.05, 0.1) is 0 Å². The molecule has 0 atom stereocenters. The molecule has 33 heavy (non-hydrogen) atoms. The van der Waals surface area contributed by atoms with Crippen LogP contribution in [0.5, 0.6) is 11.5 Å². The van der Waals surface area contributed by atoms with Crippen LogP contribution in [0.4, 0.5) is 5.69 Å². The van der Waals surface area contributed by atoms with Crippen LogP contribution >= 0.6 is 0 Å². The van der Waals surface area contributed by atoms with Gasteiger partial charge in [-0.1, -0.05) is 35.9 Å². The van der Waals surface area contributed by atoms with Crippen LogP contribution in [0.2, 0.25) is 0 Å². The van der Waals surface area contributed by atoms with Gasteiger partial charge < -0.3 is 15.4 Å². The molecular formula is C26H22N4O3. The predicted molar refractivity (Wildman–Crippen MR) is 127 cm³/mol. The third-order valence-electron chi connectivity index (χ3n) is 4.92.